The lowest BCUT2D eigenvalue weighted by Gasteiger charge is -2.11. The molecule has 1 amide bonds. The van der Waals surface area contributed by atoms with Gasteiger partial charge in [0.1, 0.15) is 11.2 Å². The molecule has 10 nitrogen and oxygen atoms in total. The molecule has 6 rings (SSSR count). The summed E-state index contributed by atoms with van der Waals surface area (Å²) >= 11 is 0. The van der Waals surface area contributed by atoms with E-state index in [-0.39, 0.29) is 5.91 Å². The molecule has 3 N–H and O–H groups in total. The van der Waals surface area contributed by atoms with E-state index < -0.39 is 0 Å². The zero-order valence-electron chi connectivity index (χ0n) is 22.3. The van der Waals surface area contributed by atoms with Gasteiger partial charge in [0.25, 0.3) is 0 Å². The van der Waals surface area contributed by atoms with Gasteiger partial charge < -0.3 is 14.9 Å². The monoisotopic (exact) mass is 519 g/mol. The Bertz CT molecular complexity index is 1830. The molecule has 0 saturated carbocycles. The molecule has 6 aromatic rings. The van der Waals surface area contributed by atoms with Gasteiger partial charge in [-0.2, -0.15) is 5.10 Å². The van der Waals surface area contributed by atoms with E-state index in [0.717, 1.165) is 62.3 Å². The van der Waals surface area contributed by atoms with Crippen LogP contribution in [0.5, 0.6) is 0 Å². The van der Waals surface area contributed by atoms with Crippen molar-refractivity contribution in [2.24, 2.45) is 5.92 Å². The van der Waals surface area contributed by atoms with Crippen LogP contribution in [0.15, 0.2) is 55.4 Å². The second kappa shape index (κ2) is 9.79. The van der Waals surface area contributed by atoms with E-state index in [0.29, 0.717) is 23.8 Å². The number of hydrogen-bond donors (Lipinski definition) is 3. The fourth-order valence-corrected chi connectivity index (χ4v) is 4.74. The third kappa shape index (κ3) is 4.76. The van der Waals surface area contributed by atoms with E-state index in [2.05, 4.69) is 54.5 Å². The average Bonchev–Trinajstić information content (AvgIpc) is 3.64. The molecular formula is C29H29N9O. The maximum Gasteiger partial charge on any atom is 0.224 e. The van der Waals surface area contributed by atoms with E-state index >= 15 is 0 Å². The Morgan fingerprint density at radius 2 is 1.95 bits per heavy atom. The van der Waals surface area contributed by atoms with Crippen molar-refractivity contribution in [1.29, 1.82) is 0 Å². The van der Waals surface area contributed by atoms with Crippen LogP contribution in [0.4, 0.5) is 5.69 Å². The summed E-state index contributed by atoms with van der Waals surface area (Å²) in [5, 5.41) is 11.4. The average molecular weight is 520 g/mol. The molecule has 0 aliphatic heterocycles. The van der Waals surface area contributed by atoms with Crippen LogP contribution in [0.25, 0.3) is 50.4 Å². The Kier molecular flexibility index (Phi) is 6.14. The van der Waals surface area contributed by atoms with Crippen molar-refractivity contribution >= 4 is 33.7 Å². The van der Waals surface area contributed by atoms with Crippen molar-refractivity contribution < 1.29 is 4.79 Å². The number of aromatic nitrogens is 8. The number of nitrogens with zero attached hydrogens (tertiary/aromatic N) is 6. The molecule has 0 fully saturated rings. The minimum atomic E-state index is 0.0134. The van der Waals surface area contributed by atoms with Crippen LogP contribution in [0.3, 0.4) is 0 Å². The number of carbonyl (C=O) groups excluding carboxylic acids is 1. The predicted octanol–water partition coefficient (Wildman–Crippen LogP) is 5.60. The first-order valence-corrected chi connectivity index (χ1v) is 13.0. The molecule has 196 valence electrons. The summed E-state index contributed by atoms with van der Waals surface area (Å²) < 4.78 is 1.91. The highest BCUT2D eigenvalue weighted by Crippen LogP contribution is 2.32. The van der Waals surface area contributed by atoms with Gasteiger partial charge in [-0.3, -0.25) is 14.9 Å². The van der Waals surface area contributed by atoms with Crippen LogP contribution in [0.1, 0.15) is 38.4 Å². The van der Waals surface area contributed by atoms with E-state index in [9.17, 15) is 4.79 Å². The molecular weight excluding hydrogens is 490 g/mol. The topological polar surface area (TPSA) is 130 Å². The van der Waals surface area contributed by atoms with Gasteiger partial charge in [-0.15, -0.1) is 0 Å². The zero-order valence-corrected chi connectivity index (χ0v) is 22.3. The largest absolute Gasteiger partial charge is 0.335 e. The number of benzene rings is 1. The first kappa shape index (κ1) is 24.5. The Morgan fingerprint density at radius 1 is 1.08 bits per heavy atom. The Balaban J connectivity index is 1.41. The van der Waals surface area contributed by atoms with Crippen molar-refractivity contribution in [2.75, 3.05) is 5.32 Å². The lowest BCUT2D eigenvalue weighted by molar-refractivity contribution is -0.116. The summed E-state index contributed by atoms with van der Waals surface area (Å²) in [5.74, 6) is 0.945. The number of rotatable bonds is 7. The number of aryl methyl sites for hydroxylation is 2. The van der Waals surface area contributed by atoms with Gasteiger partial charge >= 0.3 is 0 Å². The lowest BCUT2D eigenvalue weighted by Crippen LogP contribution is -2.14. The number of imidazole rings is 2. The van der Waals surface area contributed by atoms with E-state index in [1.807, 2.05) is 49.9 Å². The Morgan fingerprint density at radius 3 is 2.72 bits per heavy atom. The number of hydrogen-bond acceptors (Lipinski definition) is 6. The van der Waals surface area contributed by atoms with Gasteiger partial charge in [-0.1, -0.05) is 26.8 Å². The van der Waals surface area contributed by atoms with Gasteiger partial charge in [-0.25, -0.2) is 15.0 Å². The van der Waals surface area contributed by atoms with Crippen LogP contribution in [-0.2, 0) is 11.2 Å². The molecule has 5 aromatic heterocycles. The smallest absolute Gasteiger partial charge is 0.224 e. The van der Waals surface area contributed by atoms with Crippen LogP contribution in [0.2, 0.25) is 0 Å². The van der Waals surface area contributed by atoms with Crippen molar-refractivity contribution in [2.45, 2.75) is 40.5 Å². The summed E-state index contributed by atoms with van der Waals surface area (Å²) in [6.45, 7) is 8.12. The molecule has 39 heavy (non-hydrogen) atoms. The minimum absolute atomic E-state index is 0.0134. The molecule has 1 aromatic carbocycles. The first-order valence-electron chi connectivity index (χ1n) is 13.0. The summed E-state index contributed by atoms with van der Waals surface area (Å²) in [5.41, 5.74) is 8.48. The maximum atomic E-state index is 12.4. The van der Waals surface area contributed by atoms with Crippen LogP contribution >= 0.6 is 0 Å². The highest BCUT2D eigenvalue weighted by Gasteiger charge is 2.17. The molecule has 0 aliphatic carbocycles. The number of fused-ring (bicyclic) bond motifs is 2. The van der Waals surface area contributed by atoms with Crippen molar-refractivity contribution in [3.8, 4) is 28.3 Å². The molecule has 0 spiro atoms. The summed E-state index contributed by atoms with van der Waals surface area (Å²) in [6.07, 6.45) is 10.4. The standard InChI is InChI=1S/C29H29N9O/c1-5-18-7-19(9-21(8-18)33-25(39)6-16(2)3)20-10-22-26(36-37-28(22)31-11-20)29-34-23-12-30-13-24(27(23)35-29)38-14-17(4)32-15-38/h7-16H,5-6H2,1-4H3,(H,33,39)(H,34,35)(H,31,36,37). The zero-order chi connectivity index (χ0) is 27.1. The number of H-pyrrole nitrogens is 2. The Hall–Kier alpha value is -4.86. The Labute approximate surface area is 225 Å². The van der Waals surface area contributed by atoms with Crippen molar-refractivity contribution in [3.63, 3.8) is 0 Å². The first-order chi connectivity index (χ1) is 18.9. The highest BCUT2D eigenvalue weighted by atomic mass is 16.1. The summed E-state index contributed by atoms with van der Waals surface area (Å²) in [4.78, 5) is 34.1. The SMILES string of the molecule is CCc1cc(NC(=O)CC(C)C)cc(-c2cnc3n[nH]c(-c4nc5c(-n6cnc(C)c6)cncc5[nH]4)c3c2)c1. The summed E-state index contributed by atoms with van der Waals surface area (Å²) in [6, 6.07) is 8.21. The molecule has 0 radical (unpaired) electrons. The molecule has 0 saturated heterocycles. The number of nitrogens with one attached hydrogen (secondary N) is 3. The number of pyridine rings is 2. The quantitative estimate of drug-likeness (QED) is 0.252. The molecule has 0 aliphatic rings. The molecule has 10 heteroatoms. The number of amides is 1. The predicted molar refractivity (Wildman–Crippen MR) is 152 cm³/mol. The molecule has 5 heterocycles. The van der Waals surface area contributed by atoms with Gasteiger partial charge in [0.05, 0.1) is 41.0 Å². The van der Waals surface area contributed by atoms with Crippen molar-refractivity contribution in [3.05, 3.63) is 66.6 Å². The fraction of sp³-hybridized carbons (Fsp3) is 0.241. The van der Waals surface area contributed by atoms with Gasteiger partial charge in [0, 0.05) is 30.1 Å². The van der Waals surface area contributed by atoms with E-state index in [1.165, 1.54) is 0 Å². The summed E-state index contributed by atoms with van der Waals surface area (Å²) in [7, 11) is 0. The molecule has 0 unspecified atom stereocenters. The number of aromatic amines is 2. The van der Waals surface area contributed by atoms with Crippen LogP contribution < -0.4 is 5.32 Å². The lowest BCUT2D eigenvalue weighted by atomic mass is 10.0. The van der Waals surface area contributed by atoms with E-state index in [1.54, 1.807) is 18.7 Å². The third-order valence-corrected chi connectivity index (χ3v) is 6.62. The van der Waals surface area contributed by atoms with Gasteiger partial charge in [-0.05, 0) is 48.6 Å². The second-order valence-electron chi connectivity index (χ2n) is 10.2. The van der Waals surface area contributed by atoms with E-state index in [4.69, 9.17) is 4.98 Å². The number of carbonyl (C=O) groups is 1. The van der Waals surface area contributed by atoms with Gasteiger partial charge in [0.15, 0.2) is 11.5 Å². The highest BCUT2D eigenvalue weighted by molar-refractivity contribution is 5.95. The van der Waals surface area contributed by atoms with Crippen molar-refractivity contribution in [1.82, 2.24) is 39.7 Å². The molecule has 0 atom stereocenters. The normalized spacial score (nSPS) is 11.6. The minimum Gasteiger partial charge on any atom is -0.335 e. The second-order valence-corrected chi connectivity index (χ2v) is 10.2. The van der Waals surface area contributed by atoms with Crippen LogP contribution in [-0.4, -0.2) is 45.6 Å². The van der Waals surface area contributed by atoms with Crippen LogP contribution in [0, 0.1) is 12.8 Å². The molecule has 0 bridgehead atoms. The number of anilines is 1. The fourth-order valence-electron chi connectivity index (χ4n) is 4.74. The third-order valence-electron chi connectivity index (χ3n) is 6.62. The van der Waals surface area contributed by atoms with Gasteiger partial charge in [0.2, 0.25) is 5.91 Å². The maximum absolute atomic E-state index is 12.4.